The molecule has 10 heteroatoms. The van der Waals surface area contributed by atoms with Gasteiger partial charge in [0.2, 0.25) is 0 Å². The molecule has 0 aliphatic heterocycles. The standard InChI is InChI=1S/C49H34N10/c1-27-20-32(25-50)14-17-36(27)47-45(58-41-12-8-6-10-37(41)39-18-15-34(23-43(39)58)48-54-28(2)52-29(3)55-48)21-33(26-51)22-46(47)59-42-13-9-7-11-38(42)40-19-16-35(24-44(40)59)49-56-30(4)53-31(5)57-49/h6-24H,1-5H3. The summed E-state index contributed by atoms with van der Waals surface area (Å²) >= 11 is 0. The van der Waals surface area contributed by atoms with E-state index in [0.717, 1.165) is 82.8 Å². The summed E-state index contributed by atoms with van der Waals surface area (Å²) in [5.41, 5.74) is 10.9. The normalized spacial score (nSPS) is 11.4. The van der Waals surface area contributed by atoms with Gasteiger partial charge in [-0.1, -0.05) is 66.7 Å². The average molecular weight is 763 g/mol. The van der Waals surface area contributed by atoms with E-state index in [9.17, 15) is 10.5 Å². The van der Waals surface area contributed by atoms with Crippen molar-refractivity contribution in [1.82, 2.24) is 39.0 Å². The number of aryl methyl sites for hydroxylation is 5. The van der Waals surface area contributed by atoms with Crippen LogP contribution >= 0.6 is 0 Å². The second kappa shape index (κ2) is 13.5. The van der Waals surface area contributed by atoms with Crippen LogP contribution in [0.3, 0.4) is 0 Å². The van der Waals surface area contributed by atoms with E-state index in [-0.39, 0.29) is 0 Å². The molecule has 59 heavy (non-hydrogen) atoms. The lowest BCUT2D eigenvalue weighted by molar-refractivity contribution is 0.928. The summed E-state index contributed by atoms with van der Waals surface area (Å²) in [4.78, 5) is 27.7. The zero-order chi connectivity index (χ0) is 40.5. The summed E-state index contributed by atoms with van der Waals surface area (Å²) in [5, 5.41) is 25.0. The van der Waals surface area contributed by atoms with Crippen LogP contribution in [0.1, 0.15) is 40.0 Å². The van der Waals surface area contributed by atoms with Crippen molar-refractivity contribution in [1.29, 1.82) is 10.5 Å². The fourth-order valence-corrected chi connectivity index (χ4v) is 8.55. The van der Waals surface area contributed by atoms with Crippen LogP contribution in [-0.4, -0.2) is 39.0 Å². The van der Waals surface area contributed by atoms with Crippen LogP contribution in [0.25, 0.3) is 88.9 Å². The average Bonchev–Trinajstić information content (AvgIpc) is 3.74. The Morgan fingerprint density at radius 1 is 0.424 bits per heavy atom. The monoisotopic (exact) mass is 762 g/mol. The SMILES string of the molecule is Cc1nc(C)nc(-c2ccc3c4ccccc4n(-c4cc(C#N)cc(-n5c6ccccc6c6ccc(-c7nc(C)nc(C)n7)cc65)c4-c4ccc(C#N)cc4C)c3c2)n1. The lowest BCUT2D eigenvalue weighted by atomic mass is 9.93. The number of hydrogen-bond acceptors (Lipinski definition) is 8. The van der Waals surface area contributed by atoms with Crippen molar-refractivity contribution in [3.8, 4) is 57.4 Å². The first kappa shape index (κ1) is 35.3. The number of para-hydroxylation sites is 2. The van der Waals surface area contributed by atoms with Crippen molar-refractivity contribution in [2.75, 3.05) is 0 Å². The highest BCUT2D eigenvalue weighted by atomic mass is 15.0. The largest absolute Gasteiger partial charge is 0.308 e. The van der Waals surface area contributed by atoms with Gasteiger partial charge in [0, 0.05) is 38.2 Å². The molecule has 0 fully saturated rings. The molecule has 0 spiro atoms. The molecule has 0 bridgehead atoms. The maximum Gasteiger partial charge on any atom is 0.163 e. The highest BCUT2D eigenvalue weighted by molar-refractivity contribution is 6.13. The quantitative estimate of drug-likeness (QED) is 0.169. The molecule has 0 aliphatic rings. The molecule has 10 rings (SSSR count). The lowest BCUT2D eigenvalue weighted by Gasteiger charge is -2.22. The molecule has 4 heterocycles. The van der Waals surface area contributed by atoms with Crippen molar-refractivity contribution in [2.24, 2.45) is 0 Å². The summed E-state index contributed by atoms with van der Waals surface area (Å²) in [6.07, 6.45) is 0. The minimum atomic E-state index is 0.488. The zero-order valence-corrected chi connectivity index (χ0v) is 32.9. The van der Waals surface area contributed by atoms with E-state index >= 15 is 0 Å². The number of rotatable bonds is 5. The molecule has 0 saturated carbocycles. The topological polar surface area (TPSA) is 135 Å². The summed E-state index contributed by atoms with van der Waals surface area (Å²) in [5.74, 6) is 3.77. The molecule has 4 aromatic heterocycles. The van der Waals surface area contributed by atoms with Gasteiger partial charge in [0.05, 0.1) is 56.7 Å². The lowest BCUT2D eigenvalue weighted by Crippen LogP contribution is -2.06. The van der Waals surface area contributed by atoms with Gasteiger partial charge in [-0.3, -0.25) is 0 Å². The third-order valence-corrected chi connectivity index (χ3v) is 10.9. The molecule has 0 radical (unpaired) electrons. The van der Waals surface area contributed by atoms with Gasteiger partial charge in [-0.25, -0.2) is 29.9 Å². The van der Waals surface area contributed by atoms with Gasteiger partial charge in [0.1, 0.15) is 23.3 Å². The third kappa shape index (κ3) is 5.77. The van der Waals surface area contributed by atoms with Crippen LogP contribution in [0.4, 0.5) is 0 Å². The van der Waals surface area contributed by atoms with E-state index in [1.807, 2.05) is 89.2 Å². The van der Waals surface area contributed by atoms with E-state index in [0.29, 0.717) is 46.1 Å². The number of fused-ring (bicyclic) bond motifs is 6. The minimum Gasteiger partial charge on any atom is -0.308 e. The van der Waals surface area contributed by atoms with Crippen LogP contribution in [0.5, 0.6) is 0 Å². The molecule has 10 aromatic rings. The first-order valence-corrected chi connectivity index (χ1v) is 19.2. The van der Waals surface area contributed by atoms with Crippen LogP contribution < -0.4 is 0 Å². The second-order valence-corrected chi connectivity index (χ2v) is 14.8. The molecular formula is C49H34N10. The molecule has 6 aromatic carbocycles. The maximum atomic E-state index is 10.9. The Bertz CT molecular complexity index is 3260. The second-order valence-electron chi connectivity index (χ2n) is 14.8. The molecule has 0 aliphatic carbocycles. The van der Waals surface area contributed by atoms with Gasteiger partial charge in [-0.05, 0) is 94.3 Å². The molecule has 0 N–H and O–H groups in total. The smallest absolute Gasteiger partial charge is 0.163 e. The minimum absolute atomic E-state index is 0.488. The highest BCUT2D eigenvalue weighted by Gasteiger charge is 2.25. The fourth-order valence-electron chi connectivity index (χ4n) is 8.55. The Morgan fingerprint density at radius 2 is 0.864 bits per heavy atom. The van der Waals surface area contributed by atoms with Gasteiger partial charge in [0.15, 0.2) is 11.6 Å². The van der Waals surface area contributed by atoms with Gasteiger partial charge in [-0.2, -0.15) is 10.5 Å². The summed E-state index contributed by atoms with van der Waals surface area (Å²) in [6.45, 7) is 9.53. The number of hydrogen-bond donors (Lipinski definition) is 0. The van der Waals surface area contributed by atoms with Crippen LogP contribution in [-0.2, 0) is 0 Å². The number of nitriles is 2. The van der Waals surface area contributed by atoms with Gasteiger partial charge in [0.25, 0.3) is 0 Å². The van der Waals surface area contributed by atoms with Gasteiger partial charge in [-0.15, -0.1) is 0 Å². The number of benzene rings is 6. The van der Waals surface area contributed by atoms with Crippen molar-refractivity contribution in [3.63, 3.8) is 0 Å². The maximum absolute atomic E-state index is 10.9. The highest BCUT2D eigenvalue weighted by Crippen LogP contribution is 2.44. The molecule has 0 saturated heterocycles. The van der Waals surface area contributed by atoms with E-state index in [2.05, 4.69) is 91.9 Å². The van der Waals surface area contributed by atoms with Crippen molar-refractivity contribution >= 4 is 43.6 Å². The predicted molar refractivity (Wildman–Crippen MR) is 231 cm³/mol. The summed E-state index contributed by atoms with van der Waals surface area (Å²) < 4.78 is 4.50. The number of aromatic nitrogens is 8. The Balaban J connectivity index is 1.37. The van der Waals surface area contributed by atoms with Crippen molar-refractivity contribution in [2.45, 2.75) is 34.6 Å². The fraction of sp³-hybridized carbons (Fsp3) is 0.102. The Kier molecular flexibility index (Phi) is 8.11. The Labute approximate surface area is 339 Å². The summed E-state index contributed by atoms with van der Waals surface area (Å²) in [7, 11) is 0. The van der Waals surface area contributed by atoms with Crippen LogP contribution in [0.15, 0.2) is 115 Å². The summed E-state index contributed by atoms with van der Waals surface area (Å²) in [6, 6.07) is 43.9. The van der Waals surface area contributed by atoms with E-state index in [4.69, 9.17) is 19.9 Å². The molecule has 0 unspecified atom stereocenters. The van der Waals surface area contributed by atoms with Crippen molar-refractivity contribution < 1.29 is 0 Å². The first-order valence-electron chi connectivity index (χ1n) is 19.2. The van der Waals surface area contributed by atoms with E-state index in [1.165, 1.54) is 0 Å². The van der Waals surface area contributed by atoms with E-state index in [1.54, 1.807) is 0 Å². The van der Waals surface area contributed by atoms with Crippen LogP contribution in [0.2, 0.25) is 0 Å². The molecule has 10 nitrogen and oxygen atoms in total. The Morgan fingerprint density at radius 3 is 1.31 bits per heavy atom. The molecule has 0 atom stereocenters. The van der Waals surface area contributed by atoms with E-state index < -0.39 is 0 Å². The van der Waals surface area contributed by atoms with Gasteiger partial charge < -0.3 is 9.13 Å². The van der Waals surface area contributed by atoms with Gasteiger partial charge >= 0.3 is 0 Å². The van der Waals surface area contributed by atoms with Crippen molar-refractivity contribution in [3.05, 3.63) is 155 Å². The first-order chi connectivity index (χ1) is 28.7. The Hall–Kier alpha value is -8.08. The zero-order valence-electron chi connectivity index (χ0n) is 32.9. The third-order valence-electron chi connectivity index (χ3n) is 10.9. The van der Waals surface area contributed by atoms with Crippen LogP contribution in [0, 0.1) is 57.3 Å². The molecule has 0 amide bonds. The number of nitrogens with zero attached hydrogens (tertiary/aromatic N) is 10. The molecular weight excluding hydrogens is 729 g/mol. The predicted octanol–water partition coefficient (Wildman–Crippen LogP) is 10.5. The molecule has 280 valence electrons.